The quantitative estimate of drug-likeness (QED) is 0.734. The Hall–Kier alpha value is -2.74. The zero-order valence-corrected chi connectivity index (χ0v) is 11.3. The van der Waals surface area contributed by atoms with Gasteiger partial charge in [0, 0.05) is 6.04 Å². The molecule has 0 radical (unpaired) electrons. The Labute approximate surface area is 121 Å². The molecule has 1 aromatic carbocycles. The average molecular weight is 279 g/mol. The lowest BCUT2D eigenvalue weighted by atomic mass is 10.2. The van der Waals surface area contributed by atoms with Gasteiger partial charge >= 0.3 is 0 Å². The number of para-hydroxylation sites is 1. The highest BCUT2D eigenvalue weighted by molar-refractivity contribution is 5.86. The van der Waals surface area contributed by atoms with Gasteiger partial charge in [-0.1, -0.05) is 12.1 Å². The number of hydrogen-bond acceptors (Lipinski definition) is 4. The Kier molecular flexibility index (Phi) is 2.68. The van der Waals surface area contributed by atoms with Gasteiger partial charge in [-0.25, -0.2) is 4.98 Å². The first-order chi connectivity index (χ1) is 10.4. The highest BCUT2D eigenvalue weighted by atomic mass is 16.5. The second-order valence-corrected chi connectivity index (χ2v) is 5.18. The van der Waals surface area contributed by atoms with E-state index in [1.54, 1.807) is 0 Å². The number of hydrogen-bond donors (Lipinski definition) is 0. The third-order valence-corrected chi connectivity index (χ3v) is 3.70. The summed E-state index contributed by atoms with van der Waals surface area (Å²) >= 11 is 0. The van der Waals surface area contributed by atoms with Crippen LogP contribution in [-0.4, -0.2) is 9.55 Å². The molecule has 104 valence electrons. The normalized spacial score (nSPS) is 14.2. The maximum Gasteiger partial charge on any atom is 0.246 e. The number of benzene rings is 1. The lowest BCUT2D eigenvalue weighted by Crippen LogP contribution is -2.03. The molecule has 0 bridgehead atoms. The molecule has 0 saturated heterocycles. The van der Waals surface area contributed by atoms with Gasteiger partial charge in [0.05, 0.1) is 23.6 Å². The van der Waals surface area contributed by atoms with Crippen LogP contribution in [0.15, 0.2) is 41.2 Å². The first-order valence-electron chi connectivity index (χ1n) is 6.92. The van der Waals surface area contributed by atoms with E-state index in [1.807, 2.05) is 36.8 Å². The Morgan fingerprint density at radius 3 is 3.05 bits per heavy atom. The molecule has 0 unspecified atom stereocenters. The molecule has 4 rings (SSSR count). The Morgan fingerprint density at radius 1 is 1.38 bits per heavy atom. The largest absolute Gasteiger partial charge is 0.482 e. The smallest absolute Gasteiger partial charge is 0.246 e. The third kappa shape index (κ3) is 2.05. The molecule has 0 N–H and O–H groups in total. The molecule has 0 aliphatic heterocycles. The van der Waals surface area contributed by atoms with Gasteiger partial charge < -0.3 is 13.7 Å². The zero-order chi connectivity index (χ0) is 14.2. The minimum absolute atomic E-state index is 0.216. The van der Waals surface area contributed by atoms with E-state index in [0.29, 0.717) is 24.0 Å². The number of furan rings is 1. The Morgan fingerprint density at radius 2 is 2.24 bits per heavy atom. The molecular weight excluding hydrogens is 266 g/mol. The molecule has 21 heavy (non-hydrogen) atoms. The maximum absolute atomic E-state index is 9.19. The lowest BCUT2D eigenvalue weighted by molar-refractivity contribution is 0.292. The lowest BCUT2D eigenvalue weighted by Gasteiger charge is -2.07. The van der Waals surface area contributed by atoms with Crippen LogP contribution in [0, 0.1) is 11.3 Å². The first kappa shape index (κ1) is 12.0. The van der Waals surface area contributed by atoms with Crippen molar-refractivity contribution in [3.05, 3.63) is 48.2 Å². The number of imidazole rings is 1. The van der Waals surface area contributed by atoms with Crippen LogP contribution in [0.5, 0.6) is 5.75 Å². The molecule has 1 saturated carbocycles. The van der Waals surface area contributed by atoms with Crippen molar-refractivity contribution in [2.24, 2.45) is 0 Å². The molecule has 0 spiro atoms. The van der Waals surface area contributed by atoms with E-state index in [2.05, 4.69) is 15.6 Å². The van der Waals surface area contributed by atoms with Crippen LogP contribution in [-0.2, 0) is 6.61 Å². The van der Waals surface area contributed by atoms with Crippen molar-refractivity contribution in [1.82, 2.24) is 9.55 Å². The fraction of sp³-hybridized carbons (Fsp3) is 0.250. The number of fused-ring (bicyclic) bond motifs is 1. The Balaban J connectivity index is 1.65. The first-order valence-corrected chi connectivity index (χ1v) is 6.92. The molecule has 1 fully saturated rings. The molecule has 3 aromatic rings. The fourth-order valence-corrected chi connectivity index (χ4v) is 2.51. The molecular formula is C16H13N3O2. The summed E-state index contributed by atoms with van der Waals surface area (Å²) in [7, 11) is 0. The van der Waals surface area contributed by atoms with Gasteiger partial charge in [-0.3, -0.25) is 0 Å². The van der Waals surface area contributed by atoms with Crippen molar-refractivity contribution < 1.29 is 9.15 Å². The molecule has 0 atom stereocenters. The highest BCUT2D eigenvalue weighted by Gasteiger charge is 2.25. The molecule has 1 aliphatic carbocycles. The van der Waals surface area contributed by atoms with Crippen LogP contribution in [0.3, 0.4) is 0 Å². The van der Waals surface area contributed by atoms with Crippen LogP contribution in [0.4, 0.5) is 0 Å². The summed E-state index contributed by atoms with van der Waals surface area (Å²) in [6.07, 6.45) is 6.05. The summed E-state index contributed by atoms with van der Waals surface area (Å²) in [6.45, 7) is 0.384. The second kappa shape index (κ2) is 4.67. The molecule has 5 heteroatoms. The van der Waals surface area contributed by atoms with E-state index in [4.69, 9.17) is 9.15 Å². The van der Waals surface area contributed by atoms with Gasteiger partial charge in [0.1, 0.15) is 18.3 Å². The highest BCUT2D eigenvalue weighted by Crippen LogP contribution is 2.36. The number of nitriles is 1. The van der Waals surface area contributed by atoms with Crippen molar-refractivity contribution in [2.45, 2.75) is 25.5 Å². The predicted molar refractivity (Wildman–Crippen MR) is 75.8 cm³/mol. The van der Waals surface area contributed by atoms with Crippen molar-refractivity contribution in [3.8, 4) is 11.8 Å². The van der Waals surface area contributed by atoms with Crippen molar-refractivity contribution >= 4 is 11.0 Å². The second-order valence-electron chi connectivity index (χ2n) is 5.18. The van der Waals surface area contributed by atoms with E-state index in [-0.39, 0.29) is 5.76 Å². The zero-order valence-electron chi connectivity index (χ0n) is 11.3. The van der Waals surface area contributed by atoms with Gasteiger partial charge in [-0.15, -0.1) is 0 Å². The van der Waals surface area contributed by atoms with Crippen molar-refractivity contribution in [2.75, 3.05) is 0 Å². The van der Waals surface area contributed by atoms with Crippen LogP contribution < -0.4 is 4.74 Å². The van der Waals surface area contributed by atoms with Gasteiger partial charge in [0.15, 0.2) is 5.75 Å². The molecule has 2 aromatic heterocycles. The molecule has 0 amide bonds. The Bertz CT molecular complexity index is 837. The maximum atomic E-state index is 9.19. The summed E-state index contributed by atoms with van der Waals surface area (Å²) in [5, 5.41) is 10.0. The number of rotatable bonds is 4. The minimum Gasteiger partial charge on any atom is -0.482 e. The van der Waals surface area contributed by atoms with Gasteiger partial charge in [0.2, 0.25) is 5.76 Å². The van der Waals surface area contributed by atoms with Crippen LogP contribution >= 0.6 is 0 Å². The monoisotopic (exact) mass is 279 g/mol. The van der Waals surface area contributed by atoms with Crippen molar-refractivity contribution in [3.63, 3.8) is 0 Å². The standard InChI is InChI=1S/C16H13N3O2/c17-7-15-16(13-3-1-2-4-14(13)21-15)20-9-12-8-18-10-19(12)11-5-6-11/h1-4,8,10-11H,5-6,9H2. The molecule has 5 nitrogen and oxygen atoms in total. The van der Waals surface area contributed by atoms with Gasteiger partial charge in [0.25, 0.3) is 0 Å². The summed E-state index contributed by atoms with van der Waals surface area (Å²) in [4.78, 5) is 4.18. The topological polar surface area (TPSA) is 64.0 Å². The average Bonchev–Trinajstić information content (AvgIpc) is 3.14. The van der Waals surface area contributed by atoms with E-state index in [9.17, 15) is 5.26 Å². The summed E-state index contributed by atoms with van der Waals surface area (Å²) in [5.41, 5.74) is 1.69. The van der Waals surface area contributed by atoms with E-state index < -0.39 is 0 Å². The predicted octanol–water partition coefficient (Wildman–Crippen LogP) is 3.41. The van der Waals surface area contributed by atoms with Crippen LogP contribution in [0.2, 0.25) is 0 Å². The van der Waals surface area contributed by atoms with E-state index in [1.165, 1.54) is 12.8 Å². The van der Waals surface area contributed by atoms with E-state index >= 15 is 0 Å². The van der Waals surface area contributed by atoms with Gasteiger partial charge in [-0.05, 0) is 25.0 Å². The number of aromatic nitrogens is 2. The van der Waals surface area contributed by atoms with E-state index in [0.717, 1.165) is 11.1 Å². The molecule has 1 aliphatic rings. The van der Waals surface area contributed by atoms with Crippen molar-refractivity contribution in [1.29, 1.82) is 5.26 Å². The fourth-order valence-electron chi connectivity index (χ4n) is 2.51. The third-order valence-electron chi connectivity index (χ3n) is 3.70. The summed E-state index contributed by atoms with van der Waals surface area (Å²) in [5.74, 6) is 0.727. The number of ether oxygens (including phenoxy) is 1. The van der Waals surface area contributed by atoms with Gasteiger partial charge in [-0.2, -0.15) is 5.26 Å². The SMILES string of the molecule is N#Cc1oc2ccccc2c1OCc1cncn1C1CC1. The van der Waals surface area contributed by atoms with Crippen LogP contribution in [0.1, 0.15) is 30.3 Å². The summed E-state index contributed by atoms with van der Waals surface area (Å²) in [6, 6.07) is 10.1. The molecule has 2 heterocycles. The number of nitrogens with zero attached hydrogens (tertiary/aromatic N) is 3. The van der Waals surface area contributed by atoms with Crippen LogP contribution in [0.25, 0.3) is 11.0 Å². The minimum atomic E-state index is 0.216. The summed E-state index contributed by atoms with van der Waals surface area (Å²) < 4.78 is 13.5.